The zero-order valence-corrected chi connectivity index (χ0v) is 13.9. The first kappa shape index (κ1) is 17.9. The number of nitrogens with zero attached hydrogens (tertiary/aromatic N) is 1. The van der Waals surface area contributed by atoms with Crippen LogP contribution in [0, 0.1) is 10.1 Å². The first-order chi connectivity index (χ1) is 11.9. The van der Waals surface area contributed by atoms with Crippen molar-refractivity contribution in [2.75, 3.05) is 19.5 Å². The quantitative estimate of drug-likeness (QED) is 0.490. The number of hydrogen-bond acceptors (Lipinski definition) is 6. The standard InChI is InChI=1S/C17H16N2O6/c1-10(20)11-6-4-5-7-13(11)18-17(21)12-8-15(24-2)16(25-3)9-14(12)19(22)23/h4-9H,1-3H3,(H,18,21). The van der Waals surface area contributed by atoms with E-state index < -0.39 is 16.5 Å². The third-order valence-corrected chi connectivity index (χ3v) is 3.50. The molecule has 25 heavy (non-hydrogen) atoms. The fraction of sp³-hybridized carbons (Fsp3) is 0.176. The highest BCUT2D eigenvalue weighted by atomic mass is 16.6. The number of benzene rings is 2. The molecule has 0 saturated carbocycles. The first-order valence-corrected chi connectivity index (χ1v) is 7.20. The van der Waals surface area contributed by atoms with Gasteiger partial charge in [0.05, 0.1) is 30.9 Å². The molecule has 0 bridgehead atoms. The SMILES string of the molecule is COc1cc(C(=O)Nc2ccccc2C(C)=O)c([N+](=O)[O-])cc1OC. The van der Waals surface area contributed by atoms with E-state index in [2.05, 4.69) is 5.32 Å². The number of methoxy groups -OCH3 is 2. The van der Waals surface area contributed by atoms with Gasteiger partial charge >= 0.3 is 0 Å². The maximum Gasteiger partial charge on any atom is 0.286 e. The minimum Gasteiger partial charge on any atom is -0.493 e. The van der Waals surface area contributed by atoms with Crippen molar-refractivity contribution in [1.29, 1.82) is 0 Å². The lowest BCUT2D eigenvalue weighted by Gasteiger charge is -2.12. The highest BCUT2D eigenvalue weighted by Crippen LogP contribution is 2.35. The number of carbonyl (C=O) groups is 2. The number of hydrogen-bond donors (Lipinski definition) is 1. The summed E-state index contributed by atoms with van der Waals surface area (Å²) in [5, 5.41) is 13.8. The predicted molar refractivity (Wildman–Crippen MR) is 90.6 cm³/mol. The van der Waals surface area contributed by atoms with E-state index in [1.807, 2.05) is 0 Å². The summed E-state index contributed by atoms with van der Waals surface area (Å²) in [5.74, 6) is -0.660. The summed E-state index contributed by atoms with van der Waals surface area (Å²) in [6.45, 7) is 1.36. The molecule has 0 aliphatic rings. The molecule has 1 amide bonds. The summed E-state index contributed by atoms with van der Waals surface area (Å²) >= 11 is 0. The van der Waals surface area contributed by atoms with Crippen LogP contribution >= 0.6 is 0 Å². The normalized spacial score (nSPS) is 10.0. The lowest BCUT2D eigenvalue weighted by atomic mass is 10.1. The van der Waals surface area contributed by atoms with Gasteiger partial charge in [-0.3, -0.25) is 19.7 Å². The van der Waals surface area contributed by atoms with Crippen LogP contribution in [0.15, 0.2) is 36.4 Å². The number of ether oxygens (including phenoxy) is 2. The largest absolute Gasteiger partial charge is 0.493 e. The van der Waals surface area contributed by atoms with Crippen molar-refractivity contribution in [2.45, 2.75) is 6.92 Å². The first-order valence-electron chi connectivity index (χ1n) is 7.20. The Morgan fingerprint density at radius 2 is 1.64 bits per heavy atom. The van der Waals surface area contributed by atoms with Gasteiger partial charge in [-0.15, -0.1) is 0 Å². The van der Waals surface area contributed by atoms with Crippen LogP contribution in [0.25, 0.3) is 0 Å². The number of para-hydroxylation sites is 1. The summed E-state index contributed by atoms with van der Waals surface area (Å²) in [4.78, 5) is 34.8. The van der Waals surface area contributed by atoms with E-state index in [9.17, 15) is 19.7 Å². The molecule has 0 unspecified atom stereocenters. The Morgan fingerprint density at radius 3 is 2.20 bits per heavy atom. The minimum atomic E-state index is -0.735. The molecule has 0 aromatic heterocycles. The van der Waals surface area contributed by atoms with E-state index >= 15 is 0 Å². The van der Waals surface area contributed by atoms with E-state index in [0.29, 0.717) is 5.56 Å². The van der Waals surface area contributed by atoms with Crippen LogP contribution in [0.3, 0.4) is 0 Å². The topological polar surface area (TPSA) is 108 Å². The number of nitro groups is 1. The highest BCUT2D eigenvalue weighted by molar-refractivity contribution is 6.11. The molecular weight excluding hydrogens is 328 g/mol. The molecule has 0 radical (unpaired) electrons. The summed E-state index contributed by atoms with van der Waals surface area (Å²) < 4.78 is 10.1. The molecule has 0 atom stereocenters. The molecule has 0 heterocycles. The van der Waals surface area contributed by atoms with Crippen LogP contribution in [-0.4, -0.2) is 30.8 Å². The Kier molecular flexibility index (Phi) is 5.33. The number of anilines is 1. The zero-order chi connectivity index (χ0) is 18.6. The molecule has 2 rings (SSSR count). The molecule has 0 aliphatic heterocycles. The summed E-state index contributed by atoms with van der Waals surface area (Å²) in [7, 11) is 2.70. The second-order valence-corrected chi connectivity index (χ2v) is 5.04. The molecule has 2 aromatic carbocycles. The molecular formula is C17H16N2O6. The van der Waals surface area contributed by atoms with Crippen LogP contribution in [0.5, 0.6) is 11.5 Å². The molecule has 130 valence electrons. The van der Waals surface area contributed by atoms with E-state index in [-0.39, 0.29) is 28.5 Å². The summed E-state index contributed by atoms with van der Waals surface area (Å²) in [6.07, 6.45) is 0. The molecule has 8 nitrogen and oxygen atoms in total. The van der Waals surface area contributed by atoms with Crippen LogP contribution in [-0.2, 0) is 0 Å². The molecule has 0 fully saturated rings. The van der Waals surface area contributed by atoms with Gasteiger partial charge < -0.3 is 14.8 Å². The van der Waals surface area contributed by atoms with Gasteiger partial charge in [-0.05, 0) is 19.1 Å². The van der Waals surface area contributed by atoms with Crippen molar-refractivity contribution in [3.63, 3.8) is 0 Å². The highest BCUT2D eigenvalue weighted by Gasteiger charge is 2.25. The third kappa shape index (κ3) is 3.74. The van der Waals surface area contributed by atoms with Crippen LogP contribution in [0.1, 0.15) is 27.6 Å². The van der Waals surface area contributed by atoms with E-state index in [0.717, 1.165) is 6.07 Å². The Bertz CT molecular complexity index is 847. The maximum absolute atomic E-state index is 12.6. The van der Waals surface area contributed by atoms with Gasteiger partial charge in [-0.2, -0.15) is 0 Å². The van der Waals surface area contributed by atoms with Gasteiger partial charge in [-0.1, -0.05) is 12.1 Å². The fourth-order valence-electron chi connectivity index (χ4n) is 2.29. The number of Topliss-reactive ketones (excluding diaryl/α,β-unsaturated/α-hetero) is 1. The van der Waals surface area contributed by atoms with E-state index in [1.165, 1.54) is 27.2 Å². The van der Waals surface area contributed by atoms with Crippen molar-refractivity contribution >= 4 is 23.1 Å². The van der Waals surface area contributed by atoms with Crippen molar-refractivity contribution in [2.24, 2.45) is 0 Å². The van der Waals surface area contributed by atoms with Gasteiger partial charge in [0.1, 0.15) is 5.56 Å². The Hall–Kier alpha value is -3.42. The number of amides is 1. The molecule has 0 spiro atoms. The molecule has 2 aromatic rings. The molecule has 0 aliphatic carbocycles. The monoisotopic (exact) mass is 344 g/mol. The second-order valence-electron chi connectivity index (χ2n) is 5.04. The Labute approximate surface area is 143 Å². The molecule has 8 heteroatoms. The minimum absolute atomic E-state index is 0.134. The number of rotatable bonds is 6. The van der Waals surface area contributed by atoms with Gasteiger partial charge in [-0.25, -0.2) is 0 Å². The average molecular weight is 344 g/mol. The smallest absolute Gasteiger partial charge is 0.286 e. The van der Waals surface area contributed by atoms with Crippen LogP contribution in [0.2, 0.25) is 0 Å². The van der Waals surface area contributed by atoms with Gasteiger partial charge in [0.15, 0.2) is 17.3 Å². The zero-order valence-electron chi connectivity index (χ0n) is 13.9. The number of nitro benzene ring substituents is 1. The van der Waals surface area contributed by atoms with Crippen LogP contribution < -0.4 is 14.8 Å². The van der Waals surface area contributed by atoms with Crippen LogP contribution in [0.4, 0.5) is 11.4 Å². The van der Waals surface area contributed by atoms with E-state index in [1.54, 1.807) is 24.3 Å². The molecule has 0 saturated heterocycles. The number of carbonyl (C=O) groups excluding carboxylic acids is 2. The van der Waals surface area contributed by atoms with Crippen molar-refractivity contribution in [3.8, 4) is 11.5 Å². The maximum atomic E-state index is 12.6. The fourth-order valence-corrected chi connectivity index (χ4v) is 2.29. The predicted octanol–water partition coefficient (Wildman–Crippen LogP) is 3.07. The molecule has 1 N–H and O–H groups in total. The van der Waals surface area contributed by atoms with Gasteiger partial charge in [0.25, 0.3) is 11.6 Å². The van der Waals surface area contributed by atoms with Gasteiger partial charge in [0.2, 0.25) is 0 Å². The van der Waals surface area contributed by atoms with Crippen molar-refractivity contribution in [3.05, 3.63) is 57.6 Å². The Morgan fingerprint density at radius 1 is 1.04 bits per heavy atom. The third-order valence-electron chi connectivity index (χ3n) is 3.50. The second kappa shape index (κ2) is 7.43. The summed E-state index contributed by atoms with van der Waals surface area (Å²) in [5.41, 5.74) is -0.0699. The summed E-state index contributed by atoms with van der Waals surface area (Å²) in [6, 6.07) is 8.74. The number of nitrogens with one attached hydrogen (secondary N) is 1. The van der Waals surface area contributed by atoms with E-state index in [4.69, 9.17) is 9.47 Å². The lowest BCUT2D eigenvalue weighted by Crippen LogP contribution is -2.16. The number of ketones is 1. The van der Waals surface area contributed by atoms with Gasteiger partial charge in [0, 0.05) is 11.6 Å². The van der Waals surface area contributed by atoms with Crippen molar-refractivity contribution < 1.29 is 24.0 Å². The Balaban J connectivity index is 2.49. The average Bonchev–Trinajstić information content (AvgIpc) is 2.60. The lowest BCUT2D eigenvalue weighted by molar-refractivity contribution is -0.385. The van der Waals surface area contributed by atoms with Crippen molar-refractivity contribution in [1.82, 2.24) is 0 Å².